The first-order valence-electron chi connectivity index (χ1n) is 6.02. The average Bonchev–Trinajstić information content (AvgIpc) is 3.08. The Morgan fingerprint density at radius 1 is 1.33 bits per heavy atom. The molecule has 18 heavy (non-hydrogen) atoms. The smallest absolute Gasteiger partial charge is 0.244 e. The van der Waals surface area contributed by atoms with Crippen LogP contribution in [0.25, 0.3) is 11.4 Å². The van der Waals surface area contributed by atoms with Gasteiger partial charge in [0, 0.05) is 19.2 Å². The summed E-state index contributed by atoms with van der Waals surface area (Å²) in [5.41, 5.74) is 0.966. The Bertz CT molecular complexity index is 512. The van der Waals surface area contributed by atoms with Crippen molar-refractivity contribution in [2.45, 2.75) is 18.6 Å². The van der Waals surface area contributed by atoms with Gasteiger partial charge in [-0.2, -0.15) is 4.98 Å². The van der Waals surface area contributed by atoms with Gasteiger partial charge in [0.25, 0.3) is 0 Å². The van der Waals surface area contributed by atoms with E-state index in [4.69, 9.17) is 9.26 Å². The molecule has 2 atom stereocenters. The first kappa shape index (κ1) is 11.4. The fourth-order valence-electron chi connectivity index (χ4n) is 2.15. The van der Waals surface area contributed by atoms with Gasteiger partial charge < -0.3 is 14.6 Å². The number of aromatic nitrogens is 2. The van der Waals surface area contributed by atoms with E-state index >= 15 is 0 Å². The maximum atomic E-state index is 5.32. The van der Waals surface area contributed by atoms with Crippen LogP contribution in [0.3, 0.4) is 0 Å². The summed E-state index contributed by atoms with van der Waals surface area (Å²) in [5.74, 6) is 1.27. The summed E-state index contributed by atoms with van der Waals surface area (Å²) >= 11 is 0. The van der Waals surface area contributed by atoms with Crippen molar-refractivity contribution in [2.75, 3.05) is 13.7 Å². The Balaban J connectivity index is 1.78. The number of hydrogen-bond donors (Lipinski definition) is 1. The molecular formula is C13H15N3O2. The molecule has 2 unspecified atom stereocenters. The second-order valence-corrected chi connectivity index (χ2v) is 4.38. The highest BCUT2D eigenvalue weighted by atomic mass is 16.5. The molecule has 0 bridgehead atoms. The minimum atomic E-state index is 0.0971. The van der Waals surface area contributed by atoms with E-state index in [1.807, 2.05) is 30.3 Å². The summed E-state index contributed by atoms with van der Waals surface area (Å²) in [6.07, 6.45) is 1.09. The molecule has 1 saturated heterocycles. The molecule has 1 N–H and O–H groups in total. The lowest BCUT2D eigenvalue weighted by atomic mass is 10.2. The summed E-state index contributed by atoms with van der Waals surface area (Å²) in [7, 11) is 1.72. The van der Waals surface area contributed by atoms with Crippen LogP contribution in [0.4, 0.5) is 0 Å². The molecule has 0 aliphatic carbocycles. The minimum Gasteiger partial charge on any atom is -0.380 e. The van der Waals surface area contributed by atoms with Crippen molar-refractivity contribution >= 4 is 0 Å². The summed E-state index contributed by atoms with van der Waals surface area (Å²) in [5, 5.41) is 7.33. The maximum absolute atomic E-state index is 5.32. The van der Waals surface area contributed by atoms with Crippen LogP contribution in [0.2, 0.25) is 0 Å². The predicted octanol–water partition coefficient (Wildman–Crippen LogP) is 1.79. The van der Waals surface area contributed by atoms with Gasteiger partial charge in [-0.25, -0.2) is 0 Å². The van der Waals surface area contributed by atoms with Crippen LogP contribution in [0.5, 0.6) is 0 Å². The zero-order valence-corrected chi connectivity index (χ0v) is 10.2. The molecule has 5 nitrogen and oxygen atoms in total. The van der Waals surface area contributed by atoms with Gasteiger partial charge in [-0.05, 0) is 6.42 Å². The number of rotatable bonds is 3. The van der Waals surface area contributed by atoms with Gasteiger partial charge in [-0.15, -0.1) is 0 Å². The molecule has 94 valence electrons. The van der Waals surface area contributed by atoms with Gasteiger partial charge in [0.15, 0.2) is 0 Å². The second kappa shape index (κ2) is 4.88. The standard InChI is InChI=1S/C13H15N3O2/c1-17-10-7-11(14-8-10)13-15-12(16-18-13)9-5-3-2-4-6-9/h2-6,10-11,14H,7-8H2,1H3. The summed E-state index contributed by atoms with van der Waals surface area (Å²) < 4.78 is 10.6. The summed E-state index contributed by atoms with van der Waals surface area (Å²) in [6.45, 7) is 0.824. The average molecular weight is 245 g/mol. The molecule has 0 amide bonds. The van der Waals surface area contributed by atoms with E-state index < -0.39 is 0 Å². The predicted molar refractivity (Wildman–Crippen MR) is 65.9 cm³/mol. The zero-order valence-electron chi connectivity index (χ0n) is 10.2. The van der Waals surface area contributed by atoms with Crippen molar-refractivity contribution in [3.05, 3.63) is 36.2 Å². The van der Waals surface area contributed by atoms with E-state index in [1.54, 1.807) is 7.11 Å². The molecular weight excluding hydrogens is 230 g/mol. The van der Waals surface area contributed by atoms with E-state index in [0.29, 0.717) is 11.7 Å². The first-order chi connectivity index (χ1) is 8.86. The van der Waals surface area contributed by atoms with Crippen molar-refractivity contribution < 1.29 is 9.26 Å². The lowest BCUT2D eigenvalue weighted by molar-refractivity contribution is 0.116. The van der Waals surface area contributed by atoms with Crippen molar-refractivity contribution in [3.8, 4) is 11.4 Å². The maximum Gasteiger partial charge on any atom is 0.244 e. The number of ether oxygens (including phenoxy) is 1. The van der Waals surface area contributed by atoms with Crippen molar-refractivity contribution in [3.63, 3.8) is 0 Å². The molecule has 0 radical (unpaired) electrons. The number of nitrogens with one attached hydrogen (secondary N) is 1. The quantitative estimate of drug-likeness (QED) is 0.893. The van der Waals surface area contributed by atoms with E-state index in [9.17, 15) is 0 Å². The van der Waals surface area contributed by atoms with Gasteiger partial charge in [-0.1, -0.05) is 35.5 Å². The van der Waals surface area contributed by atoms with Crippen LogP contribution in [0.1, 0.15) is 18.4 Å². The lowest BCUT2D eigenvalue weighted by Gasteiger charge is -2.04. The molecule has 2 aromatic rings. The van der Waals surface area contributed by atoms with Crippen molar-refractivity contribution in [2.24, 2.45) is 0 Å². The van der Waals surface area contributed by atoms with Gasteiger partial charge in [0.1, 0.15) is 0 Å². The Hall–Kier alpha value is -1.72. The van der Waals surface area contributed by atoms with Gasteiger partial charge in [0.05, 0.1) is 12.1 Å². The van der Waals surface area contributed by atoms with Crippen LogP contribution in [0.15, 0.2) is 34.9 Å². The molecule has 5 heteroatoms. The third kappa shape index (κ3) is 2.14. The topological polar surface area (TPSA) is 60.2 Å². The number of methoxy groups -OCH3 is 1. The fourth-order valence-corrected chi connectivity index (χ4v) is 2.15. The third-order valence-corrected chi connectivity index (χ3v) is 3.20. The monoisotopic (exact) mass is 245 g/mol. The number of benzene rings is 1. The fraction of sp³-hybridized carbons (Fsp3) is 0.385. The van der Waals surface area contributed by atoms with E-state index in [2.05, 4.69) is 15.5 Å². The van der Waals surface area contributed by atoms with Crippen LogP contribution in [-0.4, -0.2) is 29.9 Å². The molecule has 0 saturated carbocycles. The largest absolute Gasteiger partial charge is 0.380 e. The Morgan fingerprint density at radius 3 is 2.89 bits per heavy atom. The van der Waals surface area contributed by atoms with Gasteiger partial charge >= 0.3 is 0 Å². The Morgan fingerprint density at radius 2 is 2.17 bits per heavy atom. The first-order valence-corrected chi connectivity index (χ1v) is 6.02. The molecule has 1 aliphatic rings. The van der Waals surface area contributed by atoms with Crippen LogP contribution >= 0.6 is 0 Å². The van der Waals surface area contributed by atoms with Gasteiger partial charge in [-0.3, -0.25) is 0 Å². The third-order valence-electron chi connectivity index (χ3n) is 3.20. The lowest BCUT2D eigenvalue weighted by Crippen LogP contribution is -2.16. The molecule has 1 aromatic heterocycles. The number of nitrogens with zero attached hydrogens (tertiary/aromatic N) is 2. The van der Waals surface area contributed by atoms with Crippen molar-refractivity contribution in [1.82, 2.24) is 15.5 Å². The SMILES string of the molecule is COC1CNC(c2nc(-c3ccccc3)no2)C1. The molecule has 1 fully saturated rings. The molecule has 0 spiro atoms. The number of hydrogen-bond acceptors (Lipinski definition) is 5. The Labute approximate surface area is 105 Å². The van der Waals surface area contributed by atoms with Crippen molar-refractivity contribution in [1.29, 1.82) is 0 Å². The molecule has 1 aliphatic heterocycles. The summed E-state index contributed by atoms with van der Waals surface area (Å²) in [4.78, 5) is 4.44. The molecule has 3 rings (SSSR count). The van der Waals surface area contributed by atoms with E-state index in [0.717, 1.165) is 18.5 Å². The molecule has 2 heterocycles. The van der Waals surface area contributed by atoms with Gasteiger partial charge in [0.2, 0.25) is 11.7 Å². The highest BCUT2D eigenvalue weighted by Crippen LogP contribution is 2.25. The van der Waals surface area contributed by atoms with Crippen LogP contribution in [0, 0.1) is 0 Å². The van der Waals surface area contributed by atoms with E-state index in [-0.39, 0.29) is 12.1 Å². The Kier molecular flexibility index (Phi) is 3.08. The highest BCUT2D eigenvalue weighted by molar-refractivity contribution is 5.53. The van der Waals surface area contributed by atoms with Crippen LogP contribution in [-0.2, 0) is 4.74 Å². The normalized spacial score (nSPS) is 23.4. The minimum absolute atomic E-state index is 0.0971. The molecule has 1 aromatic carbocycles. The van der Waals surface area contributed by atoms with E-state index in [1.165, 1.54) is 0 Å². The highest BCUT2D eigenvalue weighted by Gasteiger charge is 2.29. The zero-order chi connectivity index (χ0) is 12.4. The summed E-state index contributed by atoms with van der Waals surface area (Å²) in [6, 6.07) is 9.91. The second-order valence-electron chi connectivity index (χ2n) is 4.38. The van der Waals surface area contributed by atoms with Crippen LogP contribution < -0.4 is 5.32 Å².